The normalized spacial score (nSPS) is 15.0. The molecule has 200 valence electrons. The van der Waals surface area contributed by atoms with E-state index in [9.17, 15) is 28.0 Å². The number of phosphoric acid groups is 1. The summed E-state index contributed by atoms with van der Waals surface area (Å²) in [4.78, 5) is 20.6. The van der Waals surface area contributed by atoms with E-state index in [1.54, 1.807) is 13.8 Å². The monoisotopic (exact) mass is 552 g/mol. The van der Waals surface area contributed by atoms with Crippen LogP contribution in [0.3, 0.4) is 0 Å². The topological polar surface area (TPSA) is 149 Å². The number of anilines is 1. The fraction of sp³-hybridized carbons (Fsp3) is 0.333. The zero-order valence-corrected chi connectivity index (χ0v) is 22.1. The largest absolute Gasteiger partial charge is 0.494 e. The maximum absolute atomic E-state index is 12.8. The van der Waals surface area contributed by atoms with Crippen molar-refractivity contribution in [3.05, 3.63) is 88.9 Å². The first kappa shape index (κ1) is 28.5. The molecule has 1 heterocycles. The fourth-order valence-corrected chi connectivity index (χ4v) is 6.21. The molecule has 2 aromatic carbocycles. The number of nitro benzene ring substituents is 1. The highest BCUT2D eigenvalue weighted by Crippen LogP contribution is 2.47. The summed E-state index contributed by atoms with van der Waals surface area (Å²) < 4.78 is 54.1. The maximum Gasteiger partial charge on any atom is 0.494 e. The van der Waals surface area contributed by atoms with Crippen molar-refractivity contribution in [1.82, 2.24) is 0 Å². The highest BCUT2D eigenvalue weighted by molar-refractivity contribution is 7.91. The van der Waals surface area contributed by atoms with E-state index in [4.69, 9.17) is 13.6 Å². The van der Waals surface area contributed by atoms with E-state index in [0.717, 1.165) is 22.8 Å². The molecular formula is C24H29N2O9PS. The smallest absolute Gasteiger partial charge is 0.470 e. The van der Waals surface area contributed by atoms with Gasteiger partial charge in [-0.25, -0.2) is 18.0 Å². The van der Waals surface area contributed by atoms with Crippen molar-refractivity contribution < 1.29 is 36.4 Å². The Bertz CT molecular complexity index is 1300. The van der Waals surface area contributed by atoms with Gasteiger partial charge in [0.15, 0.2) is 9.84 Å². The van der Waals surface area contributed by atoms with Crippen LogP contribution in [-0.4, -0.2) is 36.6 Å². The summed E-state index contributed by atoms with van der Waals surface area (Å²) in [6, 6.07) is 15.7. The highest BCUT2D eigenvalue weighted by atomic mass is 32.2. The van der Waals surface area contributed by atoms with Crippen LogP contribution in [0, 0.1) is 16.0 Å². The summed E-state index contributed by atoms with van der Waals surface area (Å²) in [6.45, 7) is 3.21. The Morgan fingerprint density at radius 3 is 2.38 bits per heavy atom. The van der Waals surface area contributed by atoms with Crippen LogP contribution < -0.4 is 5.06 Å². The highest BCUT2D eigenvalue weighted by Gasteiger charge is 2.31. The minimum atomic E-state index is -4.58. The molecule has 0 saturated heterocycles. The molecule has 0 fully saturated rings. The van der Waals surface area contributed by atoms with Gasteiger partial charge >= 0.3 is 7.82 Å². The van der Waals surface area contributed by atoms with Gasteiger partial charge < -0.3 is 9.31 Å². The van der Waals surface area contributed by atoms with Crippen LogP contribution >= 0.6 is 7.82 Å². The minimum absolute atomic E-state index is 0.0656. The van der Waals surface area contributed by atoms with Crippen molar-refractivity contribution >= 4 is 29.0 Å². The van der Waals surface area contributed by atoms with E-state index in [1.165, 1.54) is 30.7 Å². The second-order valence-corrected chi connectivity index (χ2v) is 12.0. The van der Waals surface area contributed by atoms with Gasteiger partial charge in [-0.15, -0.1) is 0 Å². The van der Waals surface area contributed by atoms with E-state index in [0.29, 0.717) is 18.5 Å². The number of phosphoric ester groups is 1. The molecule has 0 amide bonds. The Hall–Kier alpha value is -3.02. The Balaban J connectivity index is 1.63. The molecule has 3 aromatic rings. The van der Waals surface area contributed by atoms with Crippen molar-refractivity contribution in [1.29, 1.82) is 0 Å². The van der Waals surface area contributed by atoms with Crippen LogP contribution in [-0.2, 0) is 30.0 Å². The standard InChI is InChI=1S/C24H29N2O9PS/c1-19(18-37(31,32)24-12-10-22(11-13-24)26(27)28)16-25(23-14-15-33-17-23)35-36(29,30)34-20(2)8-9-21-6-4-3-5-7-21/h3-7,10-15,17,19-20H,8-9,16,18H2,1-2H3,(H,29,30)/t19?,20-/m1/s1. The number of hydroxylamine groups is 1. The molecule has 37 heavy (non-hydrogen) atoms. The molecule has 0 aliphatic rings. The summed E-state index contributed by atoms with van der Waals surface area (Å²) in [5, 5.41) is 11.9. The van der Waals surface area contributed by atoms with Crippen LogP contribution in [0.5, 0.6) is 0 Å². The zero-order chi connectivity index (χ0) is 27.1. The molecule has 1 N–H and O–H groups in total. The van der Waals surface area contributed by atoms with Crippen molar-refractivity contribution in [3.8, 4) is 0 Å². The third-order valence-corrected chi connectivity index (χ3v) is 8.41. The van der Waals surface area contributed by atoms with Crippen LogP contribution in [0.25, 0.3) is 0 Å². The first-order valence-corrected chi connectivity index (χ1v) is 14.6. The molecule has 0 spiro atoms. The van der Waals surface area contributed by atoms with Gasteiger partial charge in [0, 0.05) is 24.7 Å². The number of nitro groups is 1. The summed E-state index contributed by atoms with van der Waals surface area (Å²) in [6.07, 6.45) is 3.16. The van der Waals surface area contributed by atoms with Crippen LogP contribution in [0.1, 0.15) is 25.8 Å². The Kier molecular flexibility index (Phi) is 9.63. The molecule has 3 rings (SSSR count). The quantitative estimate of drug-likeness (QED) is 0.161. The second-order valence-electron chi connectivity index (χ2n) is 8.67. The van der Waals surface area contributed by atoms with Gasteiger partial charge in [0.25, 0.3) is 5.69 Å². The number of nitrogens with zero attached hydrogens (tertiary/aromatic N) is 2. The van der Waals surface area contributed by atoms with E-state index in [1.807, 2.05) is 30.3 Å². The molecule has 2 unspecified atom stereocenters. The second kappa shape index (κ2) is 12.5. The van der Waals surface area contributed by atoms with Crippen LogP contribution in [0.4, 0.5) is 11.4 Å². The third-order valence-electron chi connectivity index (χ3n) is 5.38. The average molecular weight is 553 g/mol. The Morgan fingerprint density at radius 2 is 1.78 bits per heavy atom. The van der Waals surface area contributed by atoms with E-state index in [2.05, 4.69) is 0 Å². The zero-order valence-electron chi connectivity index (χ0n) is 20.4. The molecular weight excluding hydrogens is 523 g/mol. The summed E-state index contributed by atoms with van der Waals surface area (Å²) >= 11 is 0. The van der Waals surface area contributed by atoms with Gasteiger partial charge in [-0.05, 0) is 43.4 Å². The van der Waals surface area contributed by atoms with Gasteiger partial charge in [0.2, 0.25) is 0 Å². The third kappa shape index (κ3) is 8.80. The summed E-state index contributed by atoms with van der Waals surface area (Å²) in [5.41, 5.74) is 1.15. The van der Waals surface area contributed by atoms with Crippen LogP contribution in [0.15, 0.2) is 82.5 Å². The fourth-order valence-electron chi connectivity index (χ4n) is 3.61. The molecule has 0 radical (unpaired) electrons. The predicted octanol–water partition coefficient (Wildman–Crippen LogP) is 5.17. The van der Waals surface area contributed by atoms with Gasteiger partial charge in [0.1, 0.15) is 12.0 Å². The predicted molar refractivity (Wildman–Crippen MR) is 137 cm³/mol. The number of sulfone groups is 1. The van der Waals surface area contributed by atoms with Gasteiger partial charge in [-0.3, -0.25) is 14.6 Å². The molecule has 13 heteroatoms. The molecule has 1 aromatic heterocycles. The van der Waals surface area contributed by atoms with E-state index in [-0.39, 0.29) is 22.9 Å². The van der Waals surface area contributed by atoms with E-state index < -0.39 is 34.6 Å². The van der Waals surface area contributed by atoms with Crippen molar-refractivity contribution in [3.63, 3.8) is 0 Å². The number of hydrogen-bond donors (Lipinski definition) is 1. The molecule has 0 aliphatic carbocycles. The number of aryl methyl sites for hydroxylation is 1. The number of rotatable bonds is 14. The summed E-state index contributed by atoms with van der Waals surface area (Å²) in [7, 11) is -8.38. The lowest BCUT2D eigenvalue weighted by atomic mass is 10.1. The lowest BCUT2D eigenvalue weighted by Gasteiger charge is -2.27. The first-order valence-electron chi connectivity index (χ1n) is 11.5. The molecule has 0 saturated carbocycles. The first-order chi connectivity index (χ1) is 17.4. The lowest BCUT2D eigenvalue weighted by Crippen LogP contribution is -2.31. The van der Waals surface area contributed by atoms with Gasteiger partial charge in [-0.1, -0.05) is 37.3 Å². The molecule has 3 atom stereocenters. The number of benzene rings is 2. The number of non-ortho nitro benzene ring substituents is 1. The average Bonchev–Trinajstić information content (AvgIpc) is 3.37. The Labute approximate surface area is 215 Å². The SMILES string of the molecule is CC(CN(OP(=O)(O)O[C@H](C)CCc1ccccc1)c1ccoc1)CS(=O)(=O)c1ccc([N+](=O)[O-])cc1. The number of hydrogen-bond acceptors (Lipinski definition) is 9. The summed E-state index contributed by atoms with van der Waals surface area (Å²) in [5.74, 6) is -0.919. The van der Waals surface area contributed by atoms with Crippen molar-refractivity contribution in [2.24, 2.45) is 5.92 Å². The minimum Gasteiger partial charge on any atom is -0.470 e. The van der Waals surface area contributed by atoms with Gasteiger partial charge in [-0.2, -0.15) is 4.62 Å². The molecule has 0 aliphatic heterocycles. The number of furan rings is 1. The lowest BCUT2D eigenvalue weighted by molar-refractivity contribution is -0.384. The van der Waals surface area contributed by atoms with Crippen molar-refractivity contribution in [2.45, 2.75) is 37.7 Å². The maximum atomic E-state index is 12.8. The van der Waals surface area contributed by atoms with E-state index >= 15 is 0 Å². The molecule has 11 nitrogen and oxygen atoms in total. The van der Waals surface area contributed by atoms with Crippen LogP contribution in [0.2, 0.25) is 0 Å². The molecule has 0 bridgehead atoms. The van der Waals surface area contributed by atoms with Gasteiger partial charge in [0.05, 0.1) is 27.9 Å². The Morgan fingerprint density at radius 1 is 1.11 bits per heavy atom. The van der Waals surface area contributed by atoms with Crippen molar-refractivity contribution in [2.75, 3.05) is 17.4 Å².